The van der Waals surface area contributed by atoms with Crippen LogP contribution in [0.15, 0.2) is 18.2 Å². The number of nitrogens with one attached hydrogen (secondary N) is 1. The Morgan fingerprint density at radius 3 is 2.25 bits per heavy atom. The summed E-state index contributed by atoms with van der Waals surface area (Å²) in [5, 5.41) is 12.3. The fourth-order valence-corrected chi connectivity index (χ4v) is 3.33. The van der Waals surface area contributed by atoms with Crippen LogP contribution in [0.2, 0.25) is 0 Å². The van der Waals surface area contributed by atoms with Gasteiger partial charge in [-0.05, 0) is 50.7 Å². The number of carbonyl (C=O) groups excluding carboxylic acids is 2. The van der Waals surface area contributed by atoms with E-state index in [2.05, 4.69) is 12.2 Å². The van der Waals surface area contributed by atoms with Crippen molar-refractivity contribution in [1.29, 1.82) is 0 Å². The minimum absolute atomic E-state index is 0.0179. The van der Waals surface area contributed by atoms with Gasteiger partial charge in [0, 0.05) is 25.3 Å². The Balaban J connectivity index is 1.86. The van der Waals surface area contributed by atoms with E-state index in [-0.39, 0.29) is 30.4 Å². The molecule has 1 aromatic rings. The maximum atomic E-state index is 12.3. The maximum absolute atomic E-state index is 12.3. The summed E-state index contributed by atoms with van der Waals surface area (Å²) in [6, 6.07) is 5.66. The summed E-state index contributed by atoms with van der Waals surface area (Å²) in [7, 11) is 0. The molecular formula is C19H28N2O3. The molecule has 1 heterocycles. The van der Waals surface area contributed by atoms with Gasteiger partial charge >= 0.3 is 0 Å². The third kappa shape index (κ3) is 4.35. The van der Waals surface area contributed by atoms with Gasteiger partial charge in [0.25, 0.3) is 5.91 Å². The molecule has 0 aliphatic carbocycles. The van der Waals surface area contributed by atoms with Crippen LogP contribution >= 0.6 is 0 Å². The molecule has 1 aliphatic heterocycles. The van der Waals surface area contributed by atoms with E-state index in [1.165, 1.54) is 0 Å². The van der Waals surface area contributed by atoms with Crippen molar-refractivity contribution in [2.45, 2.75) is 40.0 Å². The first-order valence-electron chi connectivity index (χ1n) is 8.64. The van der Waals surface area contributed by atoms with Crippen molar-refractivity contribution in [2.24, 2.45) is 5.41 Å². The minimum atomic E-state index is -0.217. The van der Waals surface area contributed by atoms with Gasteiger partial charge in [-0.2, -0.15) is 0 Å². The van der Waals surface area contributed by atoms with Crippen molar-refractivity contribution in [1.82, 2.24) is 10.2 Å². The number of aryl methyl sites for hydroxylation is 2. The number of benzene rings is 1. The standard InChI is InChI=1S/C19H28N2O3/c1-4-19(13-22)5-7-21(8-6-19)17(23)12-20-18(24)16-10-14(2)9-15(3)11-16/h9-11,22H,4-8,12-13H2,1-3H3,(H,20,24). The van der Waals surface area contributed by atoms with Crippen LogP contribution < -0.4 is 5.32 Å². The zero-order valence-corrected chi connectivity index (χ0v) is 14.9. The van der Waals surface area contributed by atoms with Gasteiger partial charge in [0.05, 0.1) is 6.54 Å². The normalized spacial score (nSPS) is 16.8. The lowest BCUT2D eigenvalue weighted by Crippen LogP contribution is -2.47. The number of nitrogens with zero attached hydrogens (tertiary/aromatic N) is 1. The number of piperidine rings is 1. The Morgan fingerprint density at radius 1 is 1.17 bits per heavy atom. The van der Waals surface area contributed by atoms with Crippen molar-refractivity contribution in [3.8, 4) is 0 Å². The quantitative estimate of drug-likeness (QED) is 0.867. The lowest BCUT2D eigenvalue weighted by atomic mass is 9.77. The summed E-state index contributed by atoms with van der Waals surface area (Å²) >= 11 is 0. The second-order valence-electron chi connectivity index (χ2n) is 6.95. The molecule has 0 unspecified atom stereocenters. The first kappa shape index (κ1) is 18.5. The van der Waals surface area contributed by atoms with Crippen molar-refractivity contribution in [3.63, 3.8) is 0 Å². The Hall–Kier alpha value is -1.88. The lowest BCUT2D eigenvalue weighted by molar-refractivity contribution is -0.133. The number of hydrogen-bond acceptors (Lipinski definition) is 3. The van der Waals surface area contributed by atoms with E-state index in [4.69, 9.17) is 0 Å². The SMILES string of the molecule is CCC1(CO)CCN(C(=O)CNC(=O)c2cc(C)cc(C)c2)CC1. The molecule has 2 rings (SSSR count). The summed E-state index contributed by atoms with van der Waals surface area (Å²) in [5.74, 6) is -0.277. The van der Waals surface area contributed by atoms with E-state index in [1.807, 2.05) is 32.0 Å². The molecule has 1 saturated heterocycles. The highest BCUT2D eigenvalue weighted by molar-refractivity contribution is 5.96. The fraction of sp³-hybridized carbons (Fsp3) is 0.579. The predicted octanol–water partition coefficient (Wildman–Crippen LogP) is 2.04. The van der Waals surface area contributed by atoms with Crippen molar-refractivity contribution >= 4 is 11.8 Å². The van der Waals surface area contributed by atoms with Crippen LogP contribution in [0.5, 0.6) is 0 Å². The molecule has 0 aromatic heterocycles. The molecule has 2 N–H and O–H groups in total. The summed E-state index contributed by atoms with van der Waals surface area (Å²) in [4.78, 5) is 26.3. The molecule has 1 fully saturated rings. The lowest BCUT2D eigenvalue weighted by Gasteiger charge is -2.40. The van der Waals surface area contributed by atoms with Crippen LogP contribution in [-0.2, 0) is 4.79 Å². The molecule has 0 atom stereocenters. The van der Waals surface area contributed by atoms with Gasteiger partial charge in [-0.1, -0.05) is 24.1 Å². The average molecular weight is 332 g/mol. The van der Waals surface area contributed by atoms with E-state index < -0.39 is 0 Å². The zero-order valence-electron chi connectivity index (χ0n) is 14.9. The predicted molar refractivity (Wildman–Crippen MR) is 93.9 cm³/mol. The summed E-state index contributed by atoms with van der Waals surface area (Å²) in [5.41, 5.74) is 2.60. The number of hydrogen-bond donors (Lipinski definition) is 2. The van der Waals surface area contributed by atoms with Crippen molar-refractivity contribution < 1.29 is 14.7 Å². The molecular weight excluding hydrogens is 304 g/mol. The van der Waals surface area contributed by atoms with Gasteiger partial charge in [0.1, 0.15) is 0 Å². The van der Waals surface area contributed by atoms with Gasteiger partial charge in [0.15, 0.2) is 0 Å². The van der Waals surface area contributed by atoms with Crippen LogP contribution in [0.25, 0.3) is 0 Å². The third-order valence-electron chi connectivity index (χ3n) is 5.15. The highest BCUT2D eigenvalue weighted by Crippen LogP contribution is 2.34. The molecule has 5 nitrogen and oxygen atoms in total. The third-order valence-corrected chi connectivity index (χ3v) is 5.15. The van der Waals surface area contributed by atoms with Crippen LogP contribution in [0.3, 0.4) is 0 Å². The van der Waals surface area contributed by atoms with Crippen molar-refractivity contribution in [2.75, 3.05) is 26.2 Å². The summed E-state index contributed by atoms with van der Waals surface area (Å²) in [6.07, 6.45) is 2.56. The largest absolute Gasteiger partial charge is 0.396 e. The van der Waals surface area contributed by atoms with Crippen LogP contribution in [-0.4, -0.2) is 48.1 Å². The smallest absolute Gasteiger partial charge is 0.251 e. The molecule has 0 saturated carbocycles. The minimum Gasteiger partial charge on any atom is -0.396 e. The Kier molecular flexibility index (Phi) is 5.99. The van der Waals surface area contributed by atoms with E-state index in [9.17, 15) is 14.7 Å². The monoisotopic (exact) mass is 332 g/mol. The van der Waals surface area contributed by atoms with Gasteiger partial charge < -0.3 is 15.3 Å². The first-order valence-corrected chi connectivity index (χ1v) is 8.64. The number of likely N-dealkylation sites (tertiary alicyclic amines) is 1. The van der Waals surface area contributed by atoms with E-state index in [0.717, 1.165) is 30.4 Å². The molecule has 1 aliphatic rings. The number of carbonyl (C=O) groups is 2. The molecule has 2 amide bonds. The highest BCUT2D eigenvalue weighted by atomic mass is 16.3. The molecule has 0 bridgehead atoms. The highest BCUT2D eigenvalue weighted by Gasteiger charge is 2.33. The maximum Gasteiger partial charge on any atom is 0.251 e. The molecule has 24 heavy (non-hydrogen) atoms. The number of amides is 2. The van der Waals surface area contributed by atoms with E-state index in [0.29, 0.717) is 18.7 Å². The first-order chi connectivity index (χ1) is 11.4. The molecule has 132 valence electrons. The number of aliphatic hydroxyl groups is 1. The Morgan fingerprint density at radius 2 is 1.75 bits per heavy atom. The second kappa shape index (κ2) is 7.79. The van der Waals surface area contributed by atoms with Gasteiger partial charge in [0.2, 0.25) is 5.91 Å². The van der Waals surface area contributed by atoms with E-state index in [1.54, 1.807) is 4.90 Å². The summed E-state index contributed by atoms with van der Waals surface area (Å²) < 4.78 is 0. The van der Waals surface area contributed by atoms with Gasteiger partial charge in [-0.15, -0.1) is 0 Å². The van der Waals surface area contributed by atoms with Gasteiger partial charge in [-0.3, -0.25) is 9.59 Å². The molecule has 1 aromatic carbocycles. The van der Waals surface area contributed by atoms with Crippen LogP contribution in [0, 0.1) is 19.3 Å². The van der Waals surface area contributed by atoms with Gasteiger partial charge in [-0.25, -0.2) is 0 Å². The molecule has 5 heteroatoms. The fourth-order valence-electron chi connectivity index (χ4n) is 3.33. The average Bonchev–Trinajstić information content (AvgIpc) is 2.58. The second-order valence-corrected chi connectivity index (χ2v) is 6.95. The van der Waals surface area contributed by atoms with Crippen molar-refractivity contribution in [3.05, 3.63) is 34.9 Å². The van der Waals surface area contributed by atoms with Crippen LogP contribution in [0.1, 0.15) is 47.7 Å². The Bertz CT molecular complexity index is 578. The number of aliphatic hydroxyl groups excluding tert-OH is 1. The zero-order chi connectivity index (χ0) is 17.7. The topological polar surface area (TPSA) is 69.6 Å². The van der Waals surface area contributed by atoms with E-state index >= 15 is 0 Å². The Labute approximate surface area is 144 Å². The van der Waals surface area contributed by atoms with Crippen LogP contribution in [0.4, 0.5) is 0 Å². The molecule has 0 spiro atoms. The summed E-state index contributed by atoms with van der Waals surface area (Å²) in [6.45, 7) is 7.46. The molecule has 0 radical (unpaired) electrons. The number of rotatable bonds is 5.